The van der Waals surface area contributed by atoms with Crippen molar-refractivity contribution in [3.63, 3.8) is 0 Å². The number of likely N-dealkylation sites (tertiary alicyclic amines) is 1. The summed E-state index contributed by atoms with van der Waals surface area (Å²) < 4.78 is 0. The first-order valence-corrected chi connectivity index (χ1v) is 10.6. The molecule has 0 spiro atoms. The van der Waals surface area contributed by atoms with Gasteiger partial charge in [0.2, 0.25) is 11.8 Å². The number of nitrogens with zero attached hydrogens (tertiary/aromatic N) is 2. The molecule has 1 aromatic rings. The van der Waals surface area contributed by atoms with Crippen LogP contribution in [0.1, 0.15) is 44.2 Å². The Kier molecular flexibility index (Phi) is 4.97. The van der Waals surface area contributed by atoms with Gasteiger partial charge in [-0.15, -0.1) is 11.8 Å². The summed E-state index contributed by atoms with van der Waals surface area (Å²) in [7, 11) is 0. The Labute approximate surface area is 159 Å². The van der Waals surface area contributed by atoms with E-state index in [1.54, 1.807) is 11.8 Å². The number of fused-ring (bicyclic) bond motifs is 1. The fourth-order valence-corrected chi connectivity index (χ4v) is 5.95. The molecule has 3 saturated heterocycles. The van der Waals surface area contributed by atoms with E-state index in [4.69, 9.17) is 0 Å². The Morgan fingerprint density at radius 1 is 1.31 bits per heavy atom. The topological polar surface area (TPSA) is 52.7 Å². The van der Waals surface area contributed by atoms with Gasteiger partial charge in [0.25, 0.3) is 0 Å². The maximum Gasteiger partial charge on any atom is 0.243 e. The molecular weight excluding hydrogens is 346 g/mol. The summed E-state index contributed by atoms with van der Waals surface area (Å²) >= 11 is 1.75. The molecule has 140 valence electrons. The van der Waals surface area contributed by atoms with Crippen molar-refractivity contribution >= 4 is 23.6 Å². The number of benzene rings is 1. The summed E-state index contributed by atoms with van der Waals surface area (Å²) in [6.45, 7) is 4.85. The number of hydrogen-bond acceptors (Lipinski definition) is 4. The van der Waals surface area contributed by atoms with E-state index in [9.17, 15) is 9.59 Å². The maximum absolute atomic E-state index is 12.9. The molecule has 26 heavy (non-hydrogen) atoms. The van der Waals surface area contributed by atoms with Crippen molar-refractivity contribution in [2.45, 2.75) is 49.6 Å². The quantitative estimate of drug-likeness (QED) is 0.861. The fourth-order valence-electron chi connectivity index (χ4n) is 4.52. The number of nitrogens with one attached hydrogen (secondary N) is 1. The summed E-state index contributed by atoms with van der Waals surface area (Å²) in [6, 6.07) is 10.3. The Morgan fingerprint density at radius 2 is 2.04 bits per heavy atom. The summed E-state index contributed by atoms with van der Waals surface area (Å²) in [5.74, 6) is 0.821. The maximum atomic E-state index is 12.9. The van der Waals surface area contributed by atoms with Crippen LogP contribution in [0.25, 0.3) is 0 Å². The van der Waals surface area contributed by atoms with Crippen molar-refractivity contribution in [1.29, 1.82) is 0 Å². The highest BCUT2D eigenvalue weighted by molar-refractivity contribution is 8.01. The van der Waals surface area contributed by atoms with Crippen molar-refractivity contribution in [1.82, 2.24) is 15.1 Å². The molecule has 3 heterocycles. The molecule has 3 aliphatic heterocycles. The van der Waals surface area contributed by atoms with Crippen molar-refractivity contribution < 1.29 is 9.59 Å². The van der Waals surface area contributed by atoms with Crippen molar-refractivity contribution in [2.75, 3.05) is 25.4 Å². The summed E-state index contributed by atoms with van der Waals surface area (Å²) in [5, 5.41) is 3.16. The van der Waals surface area contributed by atoms with Crippen LogP contribution in [0.3, 0.4) is 0 Å². The molecule has 1 N–H and O–H groups in total. The first-order valence-electron chi connectivity index (χ1n) is 9.61. The largest absolute Gasteiger partial charge is 0.352 e. The van der Waals surface area contributed by atoms with Crippen LogP contribution in [-0.2, 0) is 9.59 Å². The Balaban J connectivity index is 1.44. The average Bonchev–Trinajstić information content (AvgIpc) is 3.35. The molecule has 3 unspecified atom stereocenters. The van der Waals surface area contributed by atoms with Gasteiger partial charge in [0.15, 0.2) is 0 Å². The molecule has 4 rings (SSSR count). The lowest BCUT2D eigenvalue weighted by Gasteiger charge is -2.31. The van der Waals surface area contributed by atoms with E-state index in [1.807, 2.05) is 11.0 Å². The van der Waals surface area contributed by atoms with E-state index in [0.29, 0.717) is 18.7 Å². The first kappa shape index (κ1) is 17.9. The molecule has 5 nitrogen and oxygen atoms in total. The third-order valence-electron chi connectivity index (χ3n) is 5.98. The van der Waals surface area contributed by atoms with E-state index in [1.165, 1.54) is 18.4 Å². The van der Waals surface area contributed by atoms with Crippen LogP contribution in [0.4, 0.5) is 0 Å². The van der Waals surface area contributed by atoms with Gasteiger partial charge in [-0.05, 0) is 44.8 Å². The number of carbonyl (C=O) groups excluding carboxylic acids is 2. The third-order valence-corrected chi connectivity index (χ3v) is 7.49. The number of thioether (sulfide) groups is 1. The zero-order valence-electron chi connectivity index (χ0n) is 15.3. The zero-order valence-corrected chi connectivity index (χ0v) is 16.1. The molecule has 0 saturated carbocycles. The Bertz CT molecular complexity index is 677. The second-order valence-corrected chi connectivity index (χ2v) is 9.18. The second kappa shape index (κ2) is 7.24. The van der Waals surface area contributed by atoms with E-state index in [0.717, 1.165) is 19.5 Å². The van der Waals surface area contributed by atoms with Gasteiger partial charge in [-0.3, -0.25) is 14.5 Å². The summed E-state index contributed by atoms with van der Waals surface area (Å²) in [5.41, 5.74) is 1.25. The lowest BCUT2D eigenvalue weighted by atomic mass is 10.1. The highest BCUT2D eigenvalue weighted by Crippen LogP contribution is 2.47. The van der Waals surface area contributed by atoms with E-state index < -0.39 is 0 Å². The predicted octanol–water partition coefficient (Wildman–Crippen LogP) is 2.39. The molecule has 3 aliphatic rings. The van der Waals surface area contributed by atoms with Crippen LogP contribution in [0.15, 0.2) is 30.3 Å². The number of rotatable bonds is 5. The number of hydrogen-bond donors (Lipinski definition) is 1. The lowest BCUT2D eigenvalue weighted by molar-refractivity contribution is -0.138. The predicted molar refractivity (Wildman–Crippen MR) is 104 cm³/mol. The van der Waals surface area contributed by atoms with Crippen molar-refractivity contribution in [2.24, 2.45) is 0 Å². The van der Waals surface area contributed by atoms with Gasteiger partial charge in [-0.2, -0.15) is 0 Å². The van der Waals surface area contributed by atoms with Crippen molar-refractivity contribution in [3.8, 4) is 0 Å². The van der Waals surface area contributed by atoms with E-state index >= 15 is 0 Å². The van der Waals surface area contributed by atoms with E-state index in [2.05, 4.69) is 41.4 Å². The molecule has 3 fully saturated rings. The molecule has 2 amide bonds. The third kappa shape index (κ3) is 3.25. The van der Waals surface area contributed by atoms with Crippen LogP contribution in [-0.4, -0.2) is 57.9 Å². The van der Waals surface area contributed by atoms with Gasteiger partial charge in [-0.1, -0.05) is 30.3 Å². The van der Waals surface area contributed by atoms with Crippen LogP contribution in [0, 0.1) is 0 Å². The minimum Gasteiger partial charge on any atom is -0.352 e. The second-order valence-electron chi connectivity index (χ2n) is 7.68. The number of carbonyl (C=O) groups is 2. The smallest absolute Gasteiger partial charge is 0.243 e. The Morgan fingerprint density at radius 3 is 2.77 bits per heavy atom. The molecule has 0 aliphatic carbocycles. The van der Waals surface area contributed by atoms with Gasteiger partial charge in [0.05, 0.1) is 10.9 Å². The Hall–Kier alpha value is -1.53. The van der Waals surface area contributed by atoms with Crippen molar-refractivity contribution in [3.05, 3.63) is 35.9 Å². The van der Waals surface area contributed by atoms with Crippen LogP contribution >= 0.6 is 11.8 Å². The normalized spacial score (nSPS) is 29.8. The van der Waals surface area contributed by atoms with Gasteiger partial charge in [-0.25, -0.2) is 0 Å². The monoisotopic (exact) mass is 373 g/mol. The molecule has 0 bridgehead atoms. The van der Waals surface area contributed by atoms with E-state index in [-0.39, 0.29) is 28.8 Å². The molecular formula is C20H27N3O2S. The standard InChI is InChI=1S/C20H27N3O2S/c1-20-10-9-18(24)23(20)17(14-26-20)19(25)21-13-16(22-11-5-6-12-22)15-7-3-2-4-8-15/h2-4,7-8,16-17H,5-6,9-14H2,1H3,(H,21,25). The molecule has 0 aromatic heterocycles. The van der Waals surface area contributed by atoms with Gasteiger partial charge >= 0.3 is 0 Å². The lowest BCUT2D eigenvalue weighted by Crippen LogP contribution is -2.51. The zero-order chi connectivity index (χ0) is 18.1. The molecule has 1 aromatic carbocycles. The average molecular weight is 374 g/mol. The molecule has 0 radical (unpaired) electrons. The van der Waals surface area contributed by atoms with Gasteiger partial charge in [0, 0.05) is 18.7 Å². The first-order chi connectivity index (χ1) is 12.6. The highest BCUT2D eigenvalue weighted by atomic mass is 32.2. The minimum atomic E-state index is -0.324. The molecule has 3 atom stereocenters. The summed E-state index contributed by atoms with van der Waals surface area (Å²) in [4.78, 5) is 29.3. The molecule has 6 heteroatoms. The summed E-state index contributed by atoms with van der Waals surface area (Å²) in [6.07, 6.45) is 3.85. The van der Waals surface area contributed by atoms with Gasteiger partial charge in [0.1, 0.15) is 6.04 Å². The van der Waals surface area contributed by atoms with Gasteiger partial charge < -0.3 is 10.2 Å². The van der Waals surface area contributed by atoms with Crippen LogP contribution in [0.2, 0.25) is 0 Å². The SMILES string of the molecule is CC12CCC(=O)N1C(C(=O)NCC(c1ccccc1)N1CCCC1)CS2. The van der Waals surface area contributed by atoms with Crippen LogP contribution in [0.5, 0.6) is 0 Å². The number of amides is 2. The fraction of sp³-hybridized carbons (Fsp3) is 0.600. The van der Waals surface area contributed by atoms with Crippen LogP contribution < -0.4 is 5.32 Å². The highest BCUT2D eigenvalue weighted by Gasteiger charge is 2.52. The minimum absolute atomic E-state index is 0.00315.